The second-order valence-corrected chi connectivity index (χ2v) is 26.1. The summed E-state index contributed by atoms with van der Waals surface area (Å²) in [6.07, 6.45) is 0.171. The number of sulfone groups is 1. The zero-order valence-electron chi connectivity index (χ0n) is 37.1. The number of hydrogen-bond acceptors (Lipinski definition) is 11. The van der Waals surface area contributed by atoms with Crippen molar-refractivity contribution < 1.29 is 40.9 Å². The molecule has 4 aromatic rings. The lowest BCUT2D eigenvalue weighted by Gasteiger charge is -2.48. The van der Waals surface area contributed by atoms with Crippen LogP contribution in [0.2, 0.25) is 16.6 Å². The number of ether oxygens (including phenoxy) is 4. The van der Waals surface area contributed by atoms with Crippen molar-refractivity contribution in [2.75, 3.05) is 31.1 Å². The van der Waals surface area contributed by atoms with Gasteiger partial charge < -0.3 is 23.8 Å². The maximum absolute atomic E-state index is 17.8. The molecular formula is C45H57F2N5O7SSi. The highest BCUT2D eigenvalue weighted by Gasteiger charge is 2.54. The van der Waals surface area contributed by atoms with Crippen LogP contribution in [0.15, 0.2) is 29.4 Å². The van der Waals surface area contributed by atoms with E-state index in [0.717, 1.165) is 0 Å². The van der Waals surface area contributed by atoms with Crippen LogP contribution >= 0.6 is 0 Å². The number of benzene rings is 2. The number of piperazine rings is 1. The maximum Gasteiger partial charge on any atom is 0.410 e. The number of amides is 1. The number of hydrogen-bond donors (Lipinski definition) is 0. The first kappa shape index (κ1) is 44.5. The molecule has 2 fully saturated rings. The van der Waals surface area contributed by atoms with Gasteiger partial charge in [0, 0.05) is 24.6 Å². The Morgan fingerprint density at radius 3 is 2.33 bits per heavy atom. The number of carbonyl (C=O) groups excluding carboxylic acids is 1. The molecule has 0 aliphatic carbocycles. The summed E-state index contributed by atoms with van der Waals surface area (Å²) in [5.41, 5.74) is 3.31. The molecule has 4 atom stereocenters. The van der Waals surface area contributed by atoms with Gasteiger partial charge in [-0.25, -0.2) is 36.9 Å². The van der Waals surface area contributed by atoms with Crippen molar-refractivity contribution in [3.05, 3.63) is 41.5 Å². The third-order valence-electron chi connectivity index (χ3n) is 12.6. The molecule has 61 heavy (non-hydrogen) atoms. The largest absolute Gasteiger partial charge is 0.472 e. The fraction of sp³-hybridized carbons (Fsp3) is 0.556. The van der Waals surface area contributed by atoms with Crippen molar-refractivity contribution in [1.29, 1.82) is 0 Å². The molecule has 2 bridgehead atoms. The van der Waals surface area contributed by atoms with Crippen molar-refractivity contribution in [3.8, 4) is 34.4 Å². The lowest BCUT2D eigenvalue weighted by Crippen LogP contribution is -2.65. The lowest BCUT2D eigenvalue weighted by molar-refractivity contribution is 0.000941. The summed E-state index contributed by atoms with van der Waals surface area (Å²) in [6.45, 7) is 21.9. The van der Waals surface area contributed by atoms with Crippen molar-refractivity contribution in [2.24, 2.45) is 0 Å². The van der Waals surface area contributed by atoms with Gasteiger partial charge >= 0.3 is 6.09 Å². The molecule has 5 heterocycles. The van der Waals surface area contributed by atoms with Gasteiger partial charge in [-0.1, -0.05) is 60.5 Å². The second kappa shape index (κ2) is 16.3. The number of anilines is 1. The molecule has 3 aliphatic rings. The molecular weight excluding hydrogens is 821 g/mol. The number of halogens is 2. The number of rotatable bonds is 9. The third kappa shape index (κ3) is 7.68. The average Bonchev–Trinajstić information content (AvgIpc) is 3.43. The van der Waals surface area contributed by atoms with Gasteiger partial charge in [0.1, 0.15) is 53.8 Å². The predicted molar refractivity (Wildman–Crippen MR) is 234 cm³/mol. The first-order valence-electron chi connectivity index (χ1n) is 21.1. The molecule has 2 aromatic heterocycles. The van der Waals surface area contributed by atoms with Crippen molar-refractivity contribution >= 4 is 51.5 Å². The van der Waals surface area contributed by atoms with Crippen LogP contribution in [0, 0.1) is 23.1 Å². The first-order valence-corrected chi connectivity index (χ1v) is 25.0. The van der Waals surface area contributed by atoms with Gasteiger partial charge in [0.2, 0.25) is 20.9 Å². The third-order valence-corrected chi connectivity index (χ3v) is 20.4. The van der Waals surface area contributed by atoms with Crippen molar-refractivity contribution in [1.82, 2.24) is 19.9 Å². The fourth-order valence-electron chi connectivity index (χ4n) is 10.0. The van der Waals surface area contributed by atoms with Crippen LogP contribution in [-0.2, 0) is 19.3 Å². The minimum absolute atomic E-state index is 0.0327. The topological polar surface area (TPSA) is 133 Å². The molecule has 7 rings (SSSR count). The van der Waals surface area contributed by atoms with E-state index in [-0.39, 0.29) is 81.2 Å². The van der Waals surface area contributed by atoms with E-state index in [1.165, 1.54) is 20.1 Å². The Labute approximate surface area is 358 Å². The van der Waals surface area contributed by atoms with E-state index >= 15 is 8.78 Å². The molecule has 0 unspecified atom stereocenters. The first-order chi connectivity index (χ1) is 28.6. The molecule has 1 amide bonds. The summed E-state index contributed by atoms with van der Waals surface area (Å²) in [4.78, 5) is 31.3. The molecule has 0 saturated carbocycles. The normalized spacial score (nSPS) is 20.2. The minimum atomic E-state index is -4.09. The van der Waals surface area contributed by atoms with Gasteiger partial charge in [-0.3, -0.25) is 4.90 Å². The number of fused-ring (bicyclic) bond motifs is 6. The number of aromatic nitrogens is 3. The zero-order valence-corrected chi connectivity index (χ0v) is 39.0. The Hall–Kier alpha value is -4.59. The van der Waals surface area contributed by atoms with Crippen LogP contribution in [-0.4, -0.2) is 98.5 Å². The van der Waals surface area contributed by atoms with E-state index in [4.69, 9.17) is 23.9 Å². The lowest BCUT2D eigenvalue weighted by atomic mass is 9.95. The van der Waals surface area contributed by atoms with Crippen LogP contribution in [0.25, 0.3) is 32.9 Å². The van der Waals surface area contributed by atoms with Gasteiger partial charge in [0.25, 0.3) is 0 Å². The average molecular weight is 878 g/mol. The van der Waals surface area contributed by atoms with E-state index < -0.39 is 64.6 Å². The van der Waals surface area contributed by atoms with E-state index in [9.17, 15) is 13.2 Å². The number of nitrogens with zero attached hydrogens (tertiary/aromatic N) is 5. The van der Waals surface area contributed by atoms with Gasteiger partial charge in [-0.2, -0.15) is 0 Å². The summed E-state index contributed by atoms with van der Waals surface area (Å²) >= 11 is 0. The molecule has 2 aromatic carbocycles. The predicted octanol–water partition coefficient (Wildman–Crippen LogP) is 9.21. The van der Waals surface area contributed by atoms with Crippen molar-refractivity contribution in [2.45, 2.75) is 141 Å². The van der Waals surface area contributed by atoms with E-state index in [1.807, 2.05) is 32.6 Å². The standard InChI is InChI=1S/C45H57F2N5O7SSi/c1-13-60(54,55)43-49-39-36-41(50-43)51-22-29-15-17-34(52(29)44(53)59-45(9,10)11)40(51)27(8)58-42(36)48-38(37(39)47)32-21-30(57-23-56-12)20-28-14-16-33(46)31(35(28)32)18-19-61(24(2)3,25(4)5)26(6)7/h14,16,20-21,24-27,29,34,40H,13,15,17,22-23H2,1-12H3/t27-,29+,34-,40+/m0/s1. The van der Waals surface area contributed by atoms with Gasteiger partial charge in [-0.05, 0) is 80.7 Å². The van der Waals surface area contributed by atoms with Gasteiger partial charge in [0.05, 0.1) is 29.4 Å². The van der Waals surface area contributed by atoms with E-state index in [2.05, 4.69) is 63.0 Å². The Morgan fingerprint density at radius 1 is 1.02 bits per heavy atom. The fourth-order valence-corrected chi connectivity index (χ4v) is 15.9. The summed E-state index contributed by atoms with van der Waals surface area (Å²) < 4.78 is 85.2. The highest BCUT2D eigenvalue weighted by molar-refractivity contribution is 7.91. The maximum atomic E-state index is 17.8. The summed E-state index contributed by atoms with van der Waals surface area (Å²) in [6, 6.07) is 4.95. The molecule has 0 spiro atoms. The Morgan fingerprint density at radius 2 is 1.70 bits per heavy atom. The number of methoxy groups -OCH3 is 1. The number of pyridine rings is 1. The van der Waals surface area contributed by atoms with Crippen LogP contribution < -0.4 is 14.4 Å². The Kier molecular flexibility index (Phi) is 11.9. The molecule has 0 radical (unpaired) electrons. The summed E-state index contributed by atoms with van der Waals surface area (Å²) in [7, 11) is -5.00. The highest BCUT2D eigenvalue weighted by Crippen LogP contribution is 2.48. The minimum Gasteiger partial charge on any atom is -0.472 e. The van der Waals surface area contributed by atoms with Crippen LogP contribution in [0.4, 0.5) is 19.4 Å². The monoisotopic (exact) mass is 877 g/mol. The SMILES string of the molecule is CCS(=O)(=O)c1nc2c3c(nc(-c4cc(OCOC)cc5ccc(F)c(C#C[Si](C(C)C)(C(C)C)C(C)C)c45)c(F)c3n1)O[C@@H](C)[C@@H]1[C@@H]3CC[C@H](CN21)N3C(=O)OC(C)(C)C. The second-order valence-electron chi connectivity index (χ2n) is 18.4. The summed E-state index contributed by atoms with van der Waals surface area (Å²) in [5.74, 6) is 1.82. The Bertz CT molecular complexity index is 2550. The van der Waals surface area contributed by atoms with Crippen LogP contribution in [0.3, 0.4) is 0 Å². The van der Waals surface area contributed by atoms with Gasteiger partial charge in [0.15, 0.2) is 12.6 Å². The zero-order chi connectivity index (χ0) is 44.5. The van der Waals surface area contributed by atoms with Crippen LogP contribution in [0.5, 0.6) is 11.6 Å². The molecule has 328 valence electrons. The van der Waals surface area contributed by atoms with Crippen LogP contribution in [0.1, 0.15) is 94.6 Å². The molecule has 16 heteroatoms. The van der Waals surface area contributed by atoms with E-state index in [0.29, 0.717) is 29.4 Å². The molecule has 12 nitrogen and oxygen atoms in total. The number of carbonyl (C=O) groups is 1. The quantitative estimate of drug-likeness (QED) is 0.0690. The summed E-state index contributed by atoms with van der Waals surface area (Å²) in [5, 5.41) is 0.357. The Balaban J connectivity index is 1.52. The molecule has 3 aliphatic heterocycles. The van der Waals surface area contributed by atoms with Crippen molar-refractivity contribution in [3.63, 3.8) is 0 Å². The highest BCUT2D eigenvalue weighted by atomic mass is 32.2. The molecule has 2 saturated heterocycles. The van der Waals surface area contributed by atoms with E-state index in [1.54, 1.807) is 23.1 Å². The smallest absolute Gasteiger partial charge is 0.410 e. The van der Waals surface area contributed by atoms with Gasteiger partial charge in [-0.15, -0.1) is 5.54 Å². The molecule has 0 N–H and O–H groups in total.